The van der Waals surface area contributed by atoms with Gasteiger partial charge in [0, 0.05) is 0 Å². The van der Waals surface area contributed by atoms with E-state index in [1.54, 1.807) is 31.2 Å². The molecule has 1 aromatic heterocycles. The zero-order valence-electron chi connectivity index (χ0n) is 18.9. The van der Waals surface area contributed by atoms with Crippen molar-refractivity contribution in [3.05, 3.63) is 71.1 Å². The maximum Gasteiger partial charge on any atom is 0.270 e. The molecule has 1 amide bonds. The largest absolute Gasteiger partial charge is 0.497 e. The lowest BCUT2D eigenvalue weighted by Gasteiger charge is -2.28. The Morgan fingerprint density at radius 3 is 2.58 bits per heavy atom. The molecule has 0 saturated carbocycles. The van der Waals surface area contributed by atoms with Gasteiger partial charge in [-0.05, 0) is 68.5 Å². The van der Waals surface area contributed by atoms with E-state index in [2.05, 4.69) is 16.5 Å². The zero-order valence-corrected chi connectivity index (χ0v) is 19.7. The lowest BCUT2D eigenvalue weighted by atomic mass is 9.88. The number of fused-ring (bicyclic) bond motifs is 1. The van der Waals surface area contributed by atoms with E-state index >= 15 is 0 Å². The second-order valence-corrected chi connectivity index (χ2v) is 9.87. The fraction of sp³-hybridized carbons (Fsp3) is 0.333. The Morgan fingerprint density at radius 1 is 1.18 bits per heavy atom. The van der Waals surface area contributed by atoms with Crippen LogP contribution in [0, 0.1) is 13.8 Å². The van der Waals surface area contributed by atoms with Crippen molar-refractivity contribution in [2.24, 2.45) is 0 Å². The van der Waals surface area contributed by atoms with Crippen molar-refractivity contribution in [3.63, 3.8) is 0 Å². The molecular formula is C24H27N3O5S. The van der Waals surface area contributed by atoms with E-state index in [0.717, 1.165) is 29.1 Å². The molecule has 9 heteroatoms. The van der Waals surface area contributed by atoms with Gasteiger partial charge in [-0.2, -0.15) is 0 Å². The summed E-state index contributed by atoms with van der Waals surface area (Å²) >= 11 is 0. The Kier molecular flexibility index (Phi) is 6.42. The first-order valence-corrected chi connectivity index (χ1v) is 12.2. The predicted molar refractivity (Wildman–Crippen MR) is 124 cm³/mol. The Bertz CT molecular complexity index is 1230. The molecule has 1 aliphatic rings. The van der Waals surface area contributed by atoms with Crippen molar-refractivity contribution in [2.45, 2.75) is 44.0 Å². The highest BCUT2D eigenvalue weighted by atomic mass is 32.2. The van der Waals surface area contributed by atoms with Crippen LogP contribution in [-0.2, 0) is 21.2 Å². The number of benzene rings is 2. The number of hydrogen-bond donors (Lipinski definition) is 1. The number of amides is 1. The van der Waals surface area contributed by atoms with E-state index in [1.165, 1.54) is 19.6 Å². The highest BCUT2D eigenvalue weighted by molar-refractivity contribution is 7.93. The van der Waals surface area contributed by atoms with Gasteiger partial charge in [0.1, 0.15) is 18.0 Å². The van der Waals surface area contributed by atoms with Gasteiger partial charge in [-0.1, -0.05) is 29.4 Å². The topological polar surface area (TPSA) is 102 Å². The molecule has 3 aromatic rings. The average Bonchev–Trinajstić information content (AvgIpc) is 3.16. The molecule has 2 aromatic carbocycles. The summed E-state index contributed by atoms with van der Waals surface area (Å²) in [6, 6.07) is 14.4. The van der Waals surface area contributed by atoms with Gasteiger partial charge in [-0.3, -0.25) is 9.10 Å². The van der Waals surface area contributed by atoms with Crippen molar-refractivity contribution < 1.29 is 22.5 Å². The minimum Gasteiger partial charge on any atom is -0.497 e. The van der Waals surface area contributed by atoms with Crippen LogP contribution in [0.25, 0.3) is 0 Å². The fourth-order valence-electron chi connectivity index (χ4n) is 4.29. The summed E-state index contributed by atoms with van der Waals surface area (Å²) in [6.45, 7) is 2.73. The molecule has 0 saturated heterocycles. The number of aryl methyl sites for hydroxylation is 3. The quantitative estimate of drug-likeness (QED) is 0.566. The van der Waals surface area contributed by atoms with Gasteiger partial charge in [0.2, 0.25) is 5.91 Å². The average molecular weight is 470 g/mol. The lowest BCUT2D eigenvalue weighted by Crippen LogP contribution is -2.42. The van der Waals surface area contributed by atoms with Crippen LogP contribution in [0.3, 0.4) is 0 Å². The molecular weight excluding hydrogens is 442 g/mol. The molecule has 174 valence electrons. The van der Waals surface area contributed by atoms with Crippen LogP contribution in [0.1, 0.15) is 41.5 Å². The number of hydrogen-bond acceptors (Lipinski definition) is 6. The lowest BCUT2D eigenvalue weighted by molar-refractivity contribution is -0.120. The Hall–Kier alpha value is -3.33. The Labute approximate surface area is 193 Å². The first-order valence-electron chi connectivity index (χ1n) is 10.8. The summed E-state index contributed by atoms with van der Waals surface area (Å²) in [5.41, 5.74) is 2.88. The molecule has 4 rings (SSSR count). The standard InChI is InChI=1S/C24H27N3O5S/c1-16-24(17(2)32-26-16)33(29,30)27(19-11-13-20(31-3)14-12-19)15-23(28)25-22-10-6-8-18-7-4-5-9-21(18)22/h4-5,7,9,11-14,22H,6,8,10,15H2,1-3H3,(H,25,28). The number of nitrogens with zero attached hydrogens (tertiary/aromatic N) is 2. The predicted octanol–water partition coefficient (Wildman–Crippen LogP) is 3.69. The SMILES string of the molecule is COc1ccc(N(CC(=O)NC2CCCc3ccccc32)S(=O)(=O)c2c(C)noc2C)cc1. The van der Waals surface area contributed by atoms with Crippen LogP contribution in [0.4, 0.5) is 5.69 Å². The zero-order chi connectivity index (χ0) is 23.6. The summed E-state index contributed by atoms with van der Waals surface area (Å²) in [6.07, 6.45) is 2.74. The minimum absolute atomic E-state index is 0.0332. The van der Waals surface area contributed by atoms with E-state index in [0.29, 0.717) is 11.4 Å². The monoisotopic (exact) mass is 469 g/mol. The molecule has 1 atom stereocenters. The second kappa shape index (κ2) is 9.27. The van der Waals surface area contributed by atoms with Gasteiger partial charge in [0.25, 0.3) is 10.0 Å². The number of nitrogens with one attached hydrogen (secondary N) is 1. The van der Waals surface area contributed by atoms with Crippen LogP contribution in [0.2, 0.25) is 0 Å². The van der Waals surface area contributed by atoms with Crippen LogP contribution < -0.4 is 14.4 Å². The van der Waals surface area contributed by atoms with E-state index < -0.39 is 10.0 Å². The molecule has 0 fully saturated rings. The molecule has 0 bridgehead atoms. The van der Waals surface area contributed by atoms with Gasteiger partial charge in [-0.25, -0.2) is 8.42 Å². The van der Waals surface area contributed by atoms with Gasteiger partial charge in [-0.15, -0.1) is 0 Å². The molecule has 1 N–H and O–H groups in total. The van der Waals surface area contributed by atoms with Crippen LogP contribution >= 0.6 is 0 Å². The normalized spacial score (nSPS) is 15.5. The van der Waals surface area contributed by atoms with E-state index in [4.69, 9.17) is 9.26 Å². The van der Waals surface area contributed by atoms with Crippen molar-refractivity contribution >= 4 is 21.6 Å². The summed E-state index contributed by atoms with van der Waals surface area (Å²) < 4.78 is 38.6. The minimum atomic E-state index is -4.11. The maximum absolute atomic E-state index is 13.6. The van der Waals surface area contributed by atoms with Crippen LogP contribution in [0.15, 0.2) is 57.9 Å². The molecule has 1 unspecified atom stereocenters. The summed E-state index contributed by atoms with van der Waals surface area (Å²) in [5, 5.41) is 6.82. The Morgan fingerprint density at radius 2 is 1.91 bits per heavy atom. The van der Waals surface area contributed by atoms with Gasteiger partial charge in [0.15, 0.2) is 10.7 Å². The number of aromatic nitrogens is 1. The third kappa shape index (κ3) is 4.59. The molecule has 0 radical (unpaired) electrons. The van der Waals surface area contributed by atoms with E-state index in [9.17, 15) is 13.2 Å². The van der Waals surface area contributed by atoms with Crippen molar-refractivity contribution in [3.8, 4) is 5.75 Å². The van der Waals surface area contributed by atoms with Crippen molar-refractivity contribution in [1.29, 1.82) is 0 Å². The van der Waals surface area contributed by atoms with Gasteiger partial charge < -0.3 is 14.6 Å². The number of rotatable bonds is 7. The van der Waals surface area contributed by atoms with Crippen molar-refractivity contribution in [2.75, 3.05) is 18.0 Å². The molecule has 0 spiro atoms. The van der Waals surface area contributed by atoms with E-state index in [1.807, 2.05) is 18.2 Å². The number of anilines is 1. The maximum atomic E-state index is 13.6. The molecule has 33 heavy (non-hydrogen) atoms. The summed E-state index contributed by atoms with van der Waals surface area (Å²) in [5.74, 6) is 0.368. The number of methoxy groups -OCH3 is 1. The smallest absolute Gasteiger partial charge is 0.270 e. The van der Waals surface area contributed by atoms with Crippen LogP contribution in [0.5, 0.6) is 5.75 Å². The first-order chi connectivity index (χ1) is 15.8. The van der Waals surface area contributed by atoms with Gasteiger partial charge in [0.05, 0.1) is 18.8 Å². The highest BCUT2D eigenvalue weighted by Crippen LogP contribution is 2.31. The number of ether oxygens (including phenoxy) is 1. The molecule has 1 aliphatic carbocycles. The number of carbonyl (C=O) groups excluding carboxylic acids is 1. The molecule has 8 nitrogen and oxygen atoms in total. The molecule has 0 aliphatic heterocycles. The van der Waals surface area contributed by atoms with Crippen LogP contribution in [-0.4, -0.2) is 33.1 Å². The Balaban J connectivity index is 1.65. The molecule has 1 heterocycles. The summed E-state index contributed by atoms with van der Waals surface area (Å²) in [7, 11) is -2.58. The number of carbonyl (C=O) groups is 1. The third-order valence-corrected chi connectivity index (χ3v) is 7.89. The number of sulfonamides is 1. The van der Waals surface area contributed by atoms with Gasteiger partial charge >= 0.3 is 0 Å². The second-order valence-electron chi connectivity index (χ2n) is 8.07. The fourth-order valence-corrected chi connectivity index (χ4v) is 6.01. The highest BCUT2D eigenvalue weighted by Gasteiger charge is 2.33. The van der Waals surface area contributed by atoms with Crippen molar-refractivity contribution in [1.82, 2.24) is 10.5 Å². The van der Waals surface area contributed by atoms with E-state index in [-0.39, 0.29) is 34.8 Å². The third-order valence-electron chi connectivity index (χ3n) is 5.87. The first kappa shape index (κ1) is 22.8. The summed E-state index contributed by atoms with van der Waals surface area (Å²) in [4.78, 5) is 13.1.